The molecule has 38 heavy (non-hydrogen) atoms. The first-order valence-corrected chi connectivity index (χ1v) is 14.9. The number of carbonyl (C=O) groups is 1. The van der Waals surface area contributed by atoms with E-state index in [1.54, 1.807) is 35.2 Å². The molecule has 1 saturated heterocycles. The number of carbonyl (C=O) groups excluding carboxylic acids is 1. The van der Waals surface area contributed by atoms with Crippen LogP contribution in [0, 0.1) is 5.82 Å². The van der Waals surface area contributed by atoms with Crippen molar-refractivity contribution in [3.63, 3.8) is 0 Å². The minimum absolute atomic E-state index is 0.0979. The summed E-state index contributed by atoms with van der Waals surface area (Å²) in [5.41, 5.74) is 0.763. The minimum atomic E-state index is -4.03. The van der Waals surface area contributed by atoms with Gasteiger partial charge in [-0.2, -0.15) is 4.31 Å². The number of sulfonamides is 1. The van der Waals surface area contributed by atoms with Gasteiger partial charge in [-0.3, -0.25) is 4.79 Å². The van der Waals surface area contributed by atoms with Gasteiger partial charge in [0.2, 0.25) is 15.9 Å². The Kier molecular flexibility index (Phi) is 8.18. The third-order valence-corrected chi connectivity index (χ3v) is 9.41. The lowest BCUT2D eigenvalue weighted by Crippen LogP contribution is -2.45. The molecule has 0 N–H and O–H groups in total. The summed E-state index contributed by atoms with van der Waals surface area (Å²) in [5.74, 6) is -0.682. The molecule has 5 rings (SSSR count). The van der Waals surface area contributed by atoms with E-state index in [2.05, 4.69) is 0 Å². The van der Waals surface area contributed by atoms with Gasteiger partial charge >= 0.3 is 0 Å². The highest BCUT2D eigenvalue weighted by Gasteiger charge is 2.33. The molecular formula is C29H29FN2O4S2. The van der Waals surface area contributed by atoms with E-state index in [-0.39, 0.29) is 42.4 Å². The second-order valence-electron chi connectivity index (χ2n) is 9.37. The quantitative estimate of drug-likeness (QED) is 0.263. The van der Waals surface area contributed by atoms with Gasteiger partial charge in [-0.05, 0) is 53.4 Å². The third-order valence-electron chi connectivity index (χ3n) is 6.68. The number of fused-ring (bicyclic) bond motifs is 1. The monoisotopic (exact) mass is 552 g/mol. The molecule has 1 atom stereocenters. The van der Waals surface area contributed by atoms with Gasteiger partial charge in [-0.15, -0.1) is 11.3 Å². The smallest absolute Gasteiger partial charge is 0.244 e. The maximum absolute atomic E-state index is 14.1. The number of rotatable bonds is 10. The molecule has 9 heteroatoms. The molecule has 0 bridgehead atoms. The lowest BCUT2D eigenvalue weighted by molar-refractivity contribution is -0.132. The molecule has 0 radical (unpaired) electrons. The van der Waals surface area contributed by atoms with Gasteiger partial charge in [0.1, 0.15) is 5.82 Å². The number of amides is 1. The maximum Gasteiger partial charge on any atom is 0.244 e. The highest BCUT2D eigenvalue weighted by atomic mass is 32.2. The Morgan fingerprint density at radius 3 is 2.50 bits per heavy atom. The zero-order valence-electron chi connectivity index (χ0n) is 20.8. The Labute approximate surface area is 226 Å². The molecule has 0 spiro atoms. The van der Waals surface area contributed by atoms with Crippen molar-refractivity contribution < 1.29 is 22.3 Å². The van der Waals surface area contributed by atoms with E-state index >= 15 is 0 Å². The second-order valence-corrected chi connectivity index (χ2v) is 12.3. The zero-order valence-corrected chi connectivity index (χ0v) is 22.5. The Hall–Kier alpha value is -3.11. The Bertz CT molecular complexity index is 1480. The van der Waals surface area contributed by atoms with Crippen molar-refractivity contribution in [2.24, 2.45) is 0 Å². The standard InChI is InChI=1S/C29H29FN2O4S2/c30-24-14-12-22(13-15-24)18-31(20-26-9-5-17-37-26)29(33)21-32(19-25-8-4-16-36-25)38(34,35)28-11-3-7-23-6-1-2-10-27(23)28/h1-3,5-7,9-15,17,25H,4,8,16,18-21H2. The van der Waals surface area contributed by atoms with Crippen LogP contribution in [-0.2, 0) is 32.6 Å². The SMILES string of the molecule is O=C(CN(CC1CCCO1)S(=O)(=O)c1cccc2ccccc12)N(Cc1ccc(F)cc1)Cc1cccs1. The van der Waals surface area contributed by atoms with E-state index in [4.69, 9.17) is 4.74 Å². The van der Waals surface area contributed by atoms with Gasteiger partial charge in [0.05, 0.1) is 24.1 Å². The van der Waals surface area contributed by atoms with E-state index in [0.29, 0.717) is 18.5 Å². The van der Waals surface area contributed by atoms with Crippen LogP contribution in [0.5, 0.6) is 0 Å². The lowest BCUT2D eigenvalue weighted by atomic mass is 10.1. The van der Waals surface area contributed by atoms with Gasteiger partial charge in [0.15, 0.2) is 0 Å². The van der Waals surface area contributed by atoms with Crippen LogP contribution in [0.2, 0.25) is 0 Å². The molecule has 0 aliphatic carbocycles. The van der Waals surface area contributed by atoms with E-state index < -0.39 is 10.0 Å². The van der Waals surface area contributed by atoms with E-state index in [0.717, 1.165) is 28.7 Å². The molecule has 1 aliphatic rings. The molecule has 1 amide bonds. The molecule has 2 heterocycles. The number of nitrogens with zero attached hydrogens (tertiary/aromatic N) is 2. The van der Waals surface area contributed by atoms with Gasteiger partial charge in [-0.1, -0.05) is 54.6 Å². The second kappa shape index (κ2) is 11.7. The summed E-state index contributed by atoms with van der Waals surface area (Å²) in [6.07, 6.45) is 1.33. The first-order chi connectivity index (χ1) is 18.4. The van der Waals surface area contributed by atoms with Crippen molar-refractivity contribution in [3.8, 4) is 0 Å². The summed E-state index contributed by atoms with van der Waals surface area (Å²) in [6, 6.07) is 22.4. The van der Waals surface area contributed by atoms with Crippen LogP contribution >= 0.6 is 11.3 Å². The zero-order chi connectivity index (χ0) is 26.5. The molecule has 1 aromatic heterocycles. The Balaban J connectivity index is 1.46. The lowest BCUT2D eigenvalue weighted by Gasteiger charge is -2.29. The van der Waals surface area contributed by atoms with Crippen LogP contribution in [-0.4, -0.2) is 49.3 Å². The fraction of sp³-hybridized carbons (Fsp3) is 0.276. The first kappa shape index (κ1) is 26.5. The van der Waals surface area contributed by atoms with Crippen molar-refractivity contribution in [1.29, 1.82) is 0 Å². The molecule has 0 saturated carbocycles. The third kappa shape index (κ3) is 6.13. The van der Waals surface area contributed by atoms with Crippen LogP contribution in [0.1, 0.15) is 23.3 Å². The van der Waals surface area contributed by atoms with Crippen LogP contribution in [0.15, 0.2) is 89.1 Å². The van der Waals surface area contributed by atoms with Crippen molar-refractivity contribution in [2.45, 2.75) is 36.9 Å². The van der Waals surface area contributed by atoms with Crippen molar-refractivity contribution >= 4 is 38.0 Å². The number of ether oxygens (including phenoxy) is 1. The largest absolute Gasteiger partial charge is 0.377 e. The van der Waals surface area contributed by atoms with E-state index in [1.165, 1.54) is 27.8 Å². The topological polar surface area (TPSA) is 66.9 Å². The number of halogens is 1. The summed E-state index contributed by atoms with van der Waals surface area (Å²) < 4.78 is 48.7. The summed E-state index contributed by atoms with van der Waals surface area (Å²) in [5, 5.41) is 3.36. The fourth-order valence-corrected chi connectivity index (χ4v) is 7.06. The average Bonchev–Trinajstić information content (AvgIpc) is 3.63. The molecule has 3 aromatic carbocycles. The fourth-order valence-electron chi connectivity index (χ4n) is 4.71. The van der Waals surface area contributed by atoms with E-state index in [1.807, 2.05) is 41.8 Å². The molecule has 1 aliphatic heterocycles. The Morgan fingerprint density at radius 1 is 0.974 bits per heavy atom. The van der Waals surface area contributed by atoms with Crippen molar-refractivity contribution in [3.05, 3.63) is 101 Å². The van der Waals surface area contributed by atoms with Gasteiger partial charge < -0.3 is 9.64 Å². The highest BCUT2D eigenvalue weighted by Crippen LogP contribution is 2.27. The molecule has 4 aromatic rings. The summed E-state index contributed by atoms with van der Waals surface area (Å²) in [4.78, 5) is 16.5. The molecule has 6 nitrogen and oxygen atoms in total. The van der Waals surface area contributed by atoms with Crippen molar-refractivity contribution in [1.82, 2.24) is 9.21 Å². The number of hydrogen-bond acceptors (Lipinski definition) is 5. The Morgan fingerprint density at radius 2 is 1.76 bits per heavy atom. The van der Waals surface area contributed by atoms with Gasteiger partial charge in [-0.25, -0.2) is 12.8 Å². The molecule has 198 valence electrons. The number of benzene rings is 3. The average molecular weight is 553 g/mol. The minimum Gasteiger partial charge on any atom is -0.377 e. The van der Waals surface area contributed by atoms with Crippen LogP contribution < -0.4 is 0 Å². The molecular weight excluding hydrogens is 523 g/mol. The normalized spacial score (nSPS) is 15.8. The predicted molar refractivity (Wildman–Crippen MR) is 147 cm³/mol. The van der Waals surface area contributed by atoms with Crippen molar-refractivity contribution in [2.75, 3.05) is 19.7 Å². The summed E-state index contributed by atoms with van der Waals surface area (Å²) in [7, 11) is -4.03. The van der Waals surface area contributed by atoms with Gasteiger partial charge in [0.25, 0.3) is 0 Å². The first-order valence-electron chi connectivity index (χ1n) is 12.5. The molecule has 1 unspecified atom stereocenters. The predicted octanol–water partition coefficient (Wildman–Crippen LogP) is 5.44. The molecule has 1 fully saturated rings. The van der Waals surface area contributed by atoms with Crippen LogP contribution in [0.3, 0.4) is 0 Å². The van der Waals surface area contributed by atoms with Crippen LogP contribution in [0.4, 0.5) is 4.39 Å². The van der Waals surface area contributed by atoms with Gasteiger partial charge in [0, 0.05) is 30.0 Å². The summed E-state index contributed by atoms with van der Waals surface area (Å²) >= 11 is 1.52. The number of thiophene rings is 1. The van der Waals surface area contributed by atoms with E-state index in [9.17, 15) is 17.6 Å². The summed E-state index contributed by atoms with van der Waals surface area (Å²) in [6.45, 7) is 0.920. The number of hydrogen-bond donors (Lipinski definition) is 0. The van der Waals surface area contributed by atoms with Crippen LogP contribution in [0.25, 0.3) is 10.8 Å². The maximum atomic E-state index is 14.1. The highest BCUT2D eigenvalue weighted by molar-refractivity contribution is 7.89.